The number of rotatable bonds is 3. The van der Waals surface area contributed by atoms with Crippen LogP contribution in [0.25, 0.3) is 0 Å². The maximum absolute atomic E-state index is 6.52. The summed E-state index contributed by atoms with van der Waals surface area (Å²) in [5.74, 6) is 0. The molecule has 16 heavy (non-hydrogen) atoms. The first-order valence-corrected chi connectivity index (χ1v) is 8.61. The number of hydrogen-bond donors (Lipinski definition) is 0. The molecule has 0 amide bonds. The highest BCUT2D eigenvalue weighted by Crippen LogP contribution is 2.37. The molecule has 0 aromatic heterocycles. The van der Waals surface area contributed by atoms with Crippen LogP contribution in [-0.4, -0.2) is 16.1 Å². The number of ether oxygens (including phenoxy) is 1. The molecular weight excluding hydrogens is 311 g/mol. The summed E-state index contributed by atoms with van der Waals surface area (Å²) in [7, 11) is 0. The Morgan fingerprint density at radius 1 is 0.875 bits per heavy atom. The van der Waals surface area contributed by atoms with Gasteiger partial charge in [0, 0.05) is 4.43 Å². The molecule has 2 heteroatoms. The van der Waals surface area contributed by atoms with Crippen molar-refractivity contribution in [2.45, 2.75) is 82.3 Å². The van der Waals surface area contributed by atoms with Gasteiger partial charge < -0.3 is 4.74 Å². The van der Waals surface area contributed by atoms with Crippen molar-refractivity contribution >= 4 is 22.6 Å². The van der Waals surface area contributed by atoms with Crippen LogP contribution in [0.5, 0.6) is 0 Å². The van der Waals surface area contributed by atoms with Crippen LogP contribution in [0.2, 0.25) is 0 Å². The van der Waals surface area contributed by atoms with Gasteiger partial charge in [-0.1, -0.05) is 67.5 Å². The SMILES string of the molecule is ICC1(OC2CCCCCCC2)CCCC1. The average Bonchev–Trinajstić information content (AvgIpc) is 2.71. The Bertz CT molecular complexity index is 191. The Morgan fingerprint density at radius 3 is 2.00 bits per heavy atom. The molecule has 0 aliphatic heterocycles. The molecule has 0 N–H and O–H groups in total. The van der Waals surface area contributed by atoms with Gasteiger partial charge in [0.25, 0.3) is 0 Å². The molecule has 2 aliphatic carbocycles. The second-order valence-electron chi connectivity index (χ2n) is 5.61. The molecule has 1 nitrogen and oxygen atoms in total. The van der Waals surface area contributed by atoms with Gasteiger partial charge in [-0.3, -0.25) is 0 Å². The van der Waals surface area contributed by atoms with Crippen LogP contribution in [-0.2, 0) is 4.74 Å². The molecule has 94 valence electrons. The van der Waals surface area contributed by atoms with Crippen molar-refractivity contribution in [3.05, 3.63) is 0 Å². The van der Waals surface area contributed by atoms with Crippen molar-refractivity contribution in [1.82, 2.24) is 0 Å². The van der Waals surface area contributed by atoms with Gasteiger partial charge >= 0.3 is 0 Å². The van der Waals surface area contributed by atoms with E-state index in [-0.39, 0.29) is 5.60 Å². The van der Waals surface area contributed by atoms with E-state index in [1.165, 1.54) is 75.1 Å². The molecule has 0 spiro atoms. The highest BCUT2D eigenvalue weighted by Gasteiger charge is 2.35. The first-order valence-electron chi connectivity index (χ1n) is 7.08. The fourth-order valence-corrected chi connectivity index (χ4v) is 4.13. The lowest BCUT2D eigenvalue weighted by Gasteiger charge is -2.33. The monoisotopic (exact) mass is 336 g/mol. The van der Waals surface area contributed by atoms with Crippen LogP contribution >= 0.6 is 22.6 Å². The predicted molar refractivity (Wildman–Crippen MR) is 77.3 cm³/mol. The molecule has 2 aliphatic rings. The Morgan fingerprint density at radius 2 is 1.44 bits per heavy atom. The van der Waals surface area contributed by atoms with Crippen molar-refractivity contribution in [2.24, 2.45) is 0 Å². The van der Waals surface area contributed by atoms with Gasteiger partial charge in [0.1, 0.15) is 0 Å². The van der Waals surface area contributed by atoms with Gasteiger partial charge in [-0.25, -0.2) is 0 Å². The van der Waals surface area contributed by atoms with Crippen LogP contribution in [0, 0.1) is 0 Å². The molecule has 0 unspecified atom stereocenters. The molecular formula is C14H25IO. The number of alkyl halides is 1. The highest BCUT2D eigenvalue weighted by atomic mass is 127. The van der Waals surface area contributed by atoms with E-state index in [0.717, 1.165) is 0 Å². The summed E-state index contributed by atoms with van der Waals surface area (Å²) in [5.41, 5.74) is 0.268. The van der Waals surface area contributed by atoms with Crippen LogP contribution in [0.4, 0.5) is 0 Å². The van der Waals surface area contributed by atoms with Crippen molar-refractivity contribution in [2.75, 3.05) is 4.43 Å². The van der Waals surface area contributed by atoms with Crippen molar-refractivity contribution < 1.29 is 4.74 Å². The fraction of sp³-hybridized carbons (Fsp3) is 1.00. The van der Waals surface area contributed by atoms with E-state index in [1.807, 2.05) is 0 Å². The Labute approximate surface area is 114 Å². The topological polar surface area (TPSA) is 9.23 Å². The quantitative estimate of drug-likeness (QED) is 0.528. The van der Waals surface area contributed by atoms with E-state index >= 15 is 0 Å². The third-order valence-corrected chi connectivity index (χ3v) is 5.62. The van der Waals surface area contributed by atoms with E-state index < -0.39 is 0 Å². The van der Waals surface area contributed by atoms with Crippen LogP contribution < -0.4 is 0 Å². The van der Waals surface area contributed by atoms with Gasteiger partial charge in [-0.15, -0.1) is 0 Å². The standard InChI is InChI=1S/C14H25IO/c15-12-14(10-6-7-11-14)16-13-8-4-2-1-3-5-9-13/h13H,1-12H2. The molecule has 0 saturated heterocycles. The second-order valence-corrected chi connectivity index (χ2v) is 6.37. The zero-order valence-corrected chi connectivity index (χ0v) is 12.5. The smallest absolute Gasteiger partial charge is 0.0775 e. The van der Waals surface area contributed by atoms with E-state index in [4.69, 9.17) is 4.74 Å². The summed E-state index contributed by atoms with van der Waals surface area (Å²) in [4.78, 5) is 0. The molecule has 2 fully saturated rings. The normalized spacial score (nSPS) is 27.6. The fourth-order valence-electron chi connectivity index (χ4n) is 3.19. The van der Waals surface area contributed by atoms with Gasteiger partial charge in [0.15, 0.2) is 0 Å². The number of halogens is 1. The zero-order chi connectivity index (χ0) is 11.3. The molecule has 0 aromatic rings. The maximum Gasteiger partial charge on any atom is 0.0775 e. The third-order valence-electron chi connectivity index (χ3n) is 4.23. The van der Waals surface area contributed by atoms with E-state index in [9.17, 15) is 0 Å². The average molecular weight is 336 g/mol. The highest BCUT2D eigenvalue weighted by molar-refractivity contribution is 14.1. The van der Waals surface area contributed by atoms with E-state index in [1.54, 1.807) is 0 Å². The van der Waals surface area contributed by atoms with Crippen LogP contribution in [0.15, 0.2) is 0 Å². The molecule has 0 bridgehead atoms. The molecule has 0 atom stereocenters. The summed E-state index contributed by atoms with van der Waals surface area (Å²) in [6, 6.07) is 0. The summed E-state index contributed by atoms with van der Waals surface area (Å²) in [5, 5.41) is 0. The lowest BCUT2D eigenvalue weighted by molar-refractivity contribution is -0.0820. The minimum Gasteiger partial charge on any atom is -0.371 e. The van der Waals surface area contributed by atoms with Crippen LogP contribution in [0.3, 0.4) is 0 Å². The molecule has 0 aromatic carbocycles. The van der Waals surface area contributed by atoms with Gasteiger partial charge in [0.2, 0.25) is 0 Å². The summed E-state index contributed by atoms with van der Waals surface area (Å²) in [6.45, 7) is 0. The number of hydrogen-bond acceptors (Lipinski definition) is 1. The summed E-state index contributed by atoms with van der Waals surface area (Å²) in [6.07, 6.45) is 15.7. The van der Waals surface area contributed by atoms with Crippen LogP contribution in [0.1, 0.15) is 70.6 Å². The zero-order valence-electron chi connectivity index (χ0n) is 10.3. The molecule has 0 radical (unpaired) electrons. The lowest BCUT2D eigenvalue weighted by Crippen LogP contribution is -2.36. The second kappa shape index (κ2) is 6.58. The van der Waals surface area contributed by atoms with Crippen molar-refractivity contribution in [3.8, 4) is 0 Å². The molecule has 2 rings (SSSR count). The van der Waals surface area contributed by atoms with E-state index in [0.29, 0.717) is 6.10 Å². The van der Waals surface area contributed by atoms with Crippen molar-refractivity contribution in [3.63, 3.8) is 0 Å². The predicted octanol–water partition coefficient (Wildman–Crippen LogP) is 4.86. The van der Waals surface area contributed by atoms with E-state index in [2.05, 4.69) is 22.6 Å². The third kappa shape index (κ3) is 3.59. The minimum absolute atomic E-state index is 0.268. The first kappa shape index (κ1) is 13.1. The minimum atomic E-state index is 0.268. The lowest BCUT2D eigenvalue weighted by atomic mass is 9.97. The maximum atomic E-state index is 6.52. The molecule has 2 saturated carbocycles. The Balaban J connectivity index is 1.85. The summed E-state index contributed by atoms with van der Waals surface area (Å²) < 4.78 is 7.71. The largest absolute Gasteiger partial charge is 0.371 e. The molecule has 0 heterocycles. The first-order chi connectivity index (χ1) is 7.85. The van der Waals surface area contributed by atoms with Gasteiger partial charge in [-0.05, 0) is 25.7 Å². The summed E-state index contributed by atoms with van der Waals surface area (Å²) >= 11 is 2.53. The van der Waals surface area contributed by atoms with Gasteiger partial charge in [-0.2, -0.15) is 0 Å². The van der Waals surface area contributed by atoms with Crippen molar-refractivity contribution in [1.29, 1.82) is 0 Å². The van der Waals surface area contributed by atoms with Gasteiger partial charge in [0.05, 0.1) is 11.7 Å². The Kier molecular flexibility index (Phi) is 5.40. The Hall–Kier alpha value is 0.690.